The molecule has 6 rings (SSSR count). The molecule has 0 amide bonds. The Balaban J connectivity index is 0.00000171. The molecule has 2 aliphatic heterocycles. The van der Waals surface area contributed by atoms with Crippen LogP contribution in [0.2, 0.25) is 0 Å². The summed E-state index contributed by atoms with van der Waals surface area (Å²) < 4.78 is 12.1. The number of piperidine rings is 1. The summed E-state index contributed by atoms with van der Waals surface area (Å²) >= 11 is 0. The van der Waals surface area contributed by atoms with Crippen LogP contribution in [0, 0.1) is 23.7 Å². The van der Waals surface area contributed by atoms with E-state index in [4.69, 9.17) is 9.47 Å². The van der Waals surface area contributed by atoms with Gasteiger partial charge in [0, 0.05) is 29.5 Å². The number of carbonyl (C=O) groups is 1. The molecule has 1 spiro atoms. The lowest BCUT2D eigenvalue weighted by Crippen LogP contribution is -2.69. The zero-order valence-corrected chi connectivity index (χ0v) is 17.8. The first-order valence-corrected chi connectivity index (χ1v) is 10.7. The Morgan fingerprint density at radius 1 is 1.29 bits per heavy atom. The Hall–Kier alpha value is -1.26. The number of ketones is 1. The van der Waals surface area contributed by atoms with Gasteiger partial charge in [-0.1, -0.05) is 19.9 Å². The molecule has 152 valence electrons. The Bertz CT molecular complexity index is 837. The Morgan fingerprint density at radius 2 is 2.07 bits per heavy atom. The van der Waals surface area contributed by atoms with Crippen LogP contribution in [0.25, 0.3) is 0 Å². The van der Waals surface area contributed by atoms with Crippen LogP contribution < -0.4 is 9.47 Å². The average Bonchev–Trinajstić information content (AvgIpc) is 3.42. The van der Waals surface area contributed by atoms with Gasteiger partial charge < -0.3 is 9.47 Å². The molecule has 2 bridgehead atoms. The van der Waals surface area contributed by atoms with E-state index in [1.807, 2.05) is 6.07 Å². The second kappa shape index (κ2) is 6.12. The van der Waals surface area contributed by atoms with Gasteiger partial charge in [0.1, 0.15) is 0 Å². The van der Waals surface area contributed by atoms with Crippen molar-refractivity contribution in [1.29, 1.82) is 0 Å². The van der Waals surface area contributed by atoms with Crippen molar-refractivity contribution in [1.82, 2.24) is 4.90 Å². The number of rotatable bonds is 3. The van der Waals surface area contributed by atoms with Crippen molar-refractivity contribution in [3.8, 4) is 11.5 Å². The minimum atomic E-state index is -0.315. The molecule has 1 saturated heterocycles. The van der Waals surface area contributed by atoms with Crippen molar-refractivity contribution < 1.29 is 14.3 Å². The predicted molar refractivity (Wildman–Crippen MR) is 110 cm³/mol. The second-order valence-electron chi connectivity index (χ2n) is 9.71. The molecule has 3 fully saturated rings. The molecule has 1 unspecified atom stereocenters. The standard InChI is InChI=1S/C23H29NO3.ClH/c1-12-13(2)20(25)22-23-8-9-24(11-14-4-5-14)16(18(12)23)10-15-6-7-17(26-3)21(27-22)19(15)23;/h6-7,12-14,16,18,22H,4-5,8-11H2,1-3H3;1H/t12-,13-,16+,18+,22?,23-;/m0./s1. The largest absolute Gasteiger partial charge is 0.493 e. The highest BCUT2D eigenvalue weighted by molar-refractivity contribution is 5.91. The molecule has 5 aliphatic rings. The summed E-state index contributed by atoms with van der Waals surface area (Å²) in [6.07, 6.45) is 4.61. The summed E-state index contributed by atoms with van der Waals surface area (Å²) in [4.78, 5) is 16.1. The van der Waals surface area contributed by atoms with Crippen LogP contribution in [0.15, 0.2) is 12.1 Å². The van der Waals surface area contributed by atoms with Gasteiger partial charge >= 0.3 is 0 Å². The highest BCUT2D eigenvalue weighted by atomic mass is 35.5. The molecule has 6 atom stereocenters. The first-order chi connectivity index (χ1) is 13.1. The molecule has 3 aliphatic carbocycles. The summed E-state index contributed by atoms with van der Waals surface area (Å²) in [5.74, 6) is 3.84. The van der Waals surface area contributed by atoms with E-state index in [0.717, 1.165) is 36.8 Å². The molecule has 1 aromatic rings. The Morgan fingerprint density at radius 3 is 2.79 bits per heavy atom. The van der Waals surface area contributed by atoms with Gasteiger partial charge in [-0.15, -0.1) is 12.4 Å². The molecule has 0 aromatic heterocycles. The van der Waals surface area contributed by atoms with E-state index in [1.54, 1.807) is 7.11 Å². The van der Waals surface area contributed by atoms with Gasteiger partial charge in [0.15, 0.2) is 23.4 Å². The van der Waals surface area contributed by atoms with E-state index >= 15 is 0 Å². The molecular weight excluding hydrogens is 374 g/mol. The summed E-state index contributed by atoms with van der Waals surface area (Å²) in [7, 11) is 1.70. The normalized spacial score (nSPS) is 40.4. The topological polar surface area (TPSA) is 38.8 Å². The highest BCUT2D eigenvalue weighted by Gasteiger charge is 2.69. The molecule has 28 heavy (non-hydrogen) atoms. The summed E-state index contributed by atoms with van der Waals surface area (Å²) in [6.45, 7) is 6.79. The zero-order chi connectivity index (χ0) is 18.5. The van der Waals surface area contributed by atoms with Crippen molar-refractivity contribution in [2.24, 2.45) is 23.7 Å². The van der Waals surface area contributed by atoms with Gasteiger partial charge in [-0.3, -0.25) is 9.69 Å². The lowest BCUT2D eigenvalue weighted by Gasteiger charge is -2.61. The van der Waals surface area contributed by atoms with E-state index in [-0.39, 0.29) is 29.8 Å². The van der Waals surface area contributed by atoms with Gasteiger partial charge in [-0.2, -0.15) is 0 Å². The quantitative estimate of drug-likeness (QED) is 0.772. The van der Waals surface area contributed by atoms with Crippen molar-refractivity contribution in [3.63, 3.8) is 0 Å². The third-order valence-corrected chi connectivity index (χ3v) is 8.57. The number of hydrogen-bond acceptors (Lipinski definition) is 4. The maximum atomic E-state index is 13.4. The van der Waals surface area contributed by atoms with Gasteiger partial charge in [-0.05, 0) is 61.6 Å². The monoisotopic (exact) mass is 403 g/mol. The zero-order valence-electron chi connectivity index (χ0n) is 16.9. The summed E-state index contributed by atoms with van der Waals surface area (Å²) in [6, 6.07) is 4.82. The average molecular weight is 404 g/mol. The minimum Gasteiger partial charge on any atom is -0.493 e. The van der Waals surface area contributed by atoms with Crippen molar-refractivity contribution in [2.75, 3.05) is 20.2 Å². The first-order valence-electron chi connectivity index (χ1n) is 10.7. The number of nitrogens with zero attached hydrogens (tertiary/aromatic N) is 1. The number of likely N-dealkylation sites (tertiary alicyclic amines) is 1. The highest BCUT2D eigenvalue weighted by Crippen LogP contribution is 2.65. The van der Waals surface area contributed by atoms with Gasteiger partial charge in [0.05, 0.1) is 7.11 Å². The van der Waals surface area contributed by atoms with Gasteiger partial charge in [0.2, 0.25) is 0 Å². The van der Waals surface area contributed by atoms with Crippen molar-refractivity contribution in [2.45, 2.75) is 57.1 Å². The van der Waals surface area contributed by atoms with Crippen LogP contribution in [-0.2, 0) is 16.6 Å². The number of hydrogen-bond donors (Lipinski definition) is 0. The molecule has 4 nitrogen and oxygen atoms in total. The van der Waals surface area contributed by atoms with Crippen LogP contribution in [0.1, 0.15) is 44.2 Å². The van der Waals surface area contributed by atoms with E-state index < -0.39 is 0 Å². The first kappa shape index (κ1) is 18.7. The maximum Gasteiger partial charge on any atom is 0.177 e. The van der Waals surface area contributed by atoms with Gasteiger partial charge in [0.25, 0.3) is 0 Å². The fourth-order valence-electron chi connectivity index (χ4n) is 7.03. The number of benzene rings is 1. The number of methoxy groups -OCH3 is 1. The van der Waals surface area contributed by atoms with Crippen LogP contribution in [0.3, 0.4) is 0 Å². The molecule has 1 aromatic carbocycles. The van der Waals surface area contributed by atoms with Gasteiger partial charge in [-0.25, -0.2) is 0 Å². The summed E-state index contributed by atoms with van der Waals surface area (Å²) in [5.41, 5.74) is 2.58. The Labute approximate surface area is 173 Å². The third kappa shape index (κ3) is 2.14. The predicted octanol–water partition coefficient (Wildman–Crippen LogP) is 3.63. The molecule has 0 N–H and O–H groups in total. The van der Waals surface area contributed by atoms with Crippen molar-refractivity contribution >= 4 is 18.2 Å². The lowest BCUT2D eigenvalue weighted by atomic mass is 9.47. The fraction of sp³-hybridized carbons (Fsp3) is 0.696. The Kier molecular flexibility index (Phi) is 4.10. The second-order valence-corrected chi connectivity index (χ2v) is 9.71. The van der Waals surface area contributed by atoms with Crippen molar-refractivity contribution in [3.05, 3.63) is 23.3 Å². The van der Waals surface area contributed by atoms with E-state index in [9.17, 15) is 4.79 Å². The number of halogens is 1. The number of ether oxygens (including phenoxy) is 2. The number of Topliss-reactive ketones (excluding diaryl/α,β-unsaturated/α-hetero) is 1. The fourth-order valence-corrected chi connectivity index (χ4v) is 7.03. The molecule has 5 heteroatoms. The third-order valence-electron chi connectivity index (χ3n) is 8.57. The molecule has 2 saturated carbocycles. The lowest BCUT2D eigenvalue weighted by molar-refractivity contribution is -0.151. The number of carbonyl (C=O) groups excluding carboxylic acids is 1. The molecule has 2 heterocycles. The van der Waals surface area contributed by atoms with E-state index in [0.29, 0.717) is 23.7 Å². The van der Waals surface area contributed by atoms with Crippen LogP contribution in [0.5, 0.6) is 11.5 Å². The molecule has 0 radical (unpaired) electrons. The minimum absolute atomic E-state index is 0. The van der Waals surface area contributed by atoms with Crippen LogP contribution in [-0.4, -0.2) is 43.0 Å². The smallest absolute Gasteiger partial charge is 0.177 e. The maximum absolute atomic E-state index is 13.4. The van der Waals surface area contributed by atoms with Crippen LogP contribution in [0.4, 0.5) is 0 Å². The summed E-state index contributed by atoms with van der Waals surface area (Å²) in [5, 5.41) is 0. The van der Waals surface area contributed by atoms with E-state index in [1.165, 1.54) is 30.5 Å². The SMILES string of the molecule is COc1ccc2c3c1OC1C(=O)[C@@H](C)[C@H](C)[C@@H]4[C@@H](C2)N(CC2CC2)CC[C@]314.Cl. The van der Waals surface area contributed by atoms with Crippen LogP contribution >= 0.6 is 12.4 Å². The molecular formula is C23H30ClNO3. The van der Waals surface area contributed by atoms with E-state index in [2.05, 4.69) is 24.8 Å².